The van der Waals surface area contributed by atoms with Gasteiger partial charge in [-0.25, -0.2) is 4.79 Å². The Bertz CT molecular complexity index is 924. The average molecular weight is 418 g/mol. The zero-order valence-corrected chi connectivity index (χ0v) is 19.5. The molecule has 0 aliphatic heterocycles. The lowest BCUT2D eigenvalue weighted by Crippen LogP contribution is -2.50. The molecule has 164 valence electrons. The van der Waals surface area contributed by atoms with Crippen molar-refractivity contribution in [2.24, 2.45) is 15.8 Å². The van der Waals surface area contributed by atoms with Crippen LogP contribution in [-0.2, 0) is 4.79 Å². The summed E-state index contributed by atoms with van der Waals surface area (Å²) in [7, 11) is 0. The molecule has 0 saturated heterocycles. The van der Waals surface area contributed by atoms with Gasteiger partial charge in [-0.05, 0) is 30.1 Å². The summed E-state index contributed by atoms with van der Waals surface area (Å²) in [6.07, 6.45) is 5.68. The Morgan fingerprint density at radius 3 is 1.87 bits per heavy atom. The van der Waals surface area contributed by atoms with Crippen LogP contribution in [-0.4, -0.2) is 22.3 Å². The topological polar surface area (TPSA) is 49.7 Å². The lowest BCUT2D eigenvalue weighted by Gasteiger charge is -2.40. The van der Waals surface area contributed by atoms with Gasteiger partial charge in [0.25, 0.3) is 0 Å². The lowest BCUT2D eigenvalue weighted by molar-refractivity contribution is -0.147. The summed E-state index contributed by atoms with van der Waals surface area (Å²) in [5, 5.41) is 10.6. The zero-order chi connectivity index (χ0) is 22.7. The van der Waals surface area contributed by atoms with Crippen molar-refractivity contribution in [3.63, 3.8) is 0 Å². The van der Waals surface area contributed by atoms with Gasteiger partial charge in [-0.2, -0.15) is 0 Å². The molecule has 31 heavy (non-hydrogen) atoms. The van der Waals surface area contributed by atoms with Crippen molar-refractivity contribution in [1.82, 2.24) is 0 Å². The molecular formula is C28H35NO2. The van der Waals surface area contributed by atoms with Crippen LogP contribution in [0.2, 0.25) is 0 Å². The molecule has 0 amide bonds. The highest BCUT2D eigenvalue weighted by Gasteiger charge is 2.50. The number of aliphatic carboxylic acids is 1. The van der Waals surface area contributed by atoms with Crippen LogP contribution in [0.15, 0.2) is 77.3 Å². The summed E-state index contributed by atoms with van der Waals surface area (Å²) < 4.78 is 0. The third-order valence-electron chi connectivity index (χ3n) is 6.54. The highest BCUT2D eigenvalue weighted by molar-refractivity contribution is 6.13. The van der Waals surface area contributed by atoms with Crippen molar-refractivity contribution in [2.75, 3.05) is 0 Å². The van der Waals surface area contributed by atoms with Gasteiger partial charge < -0.3 is 5.11 Å². The lowest BCUT2D eigenvalue weighted by atomic mass is 9.67. The van der Waals surface area contributed by atoms with Crippen molar-refractivity contribution in [1.29, 1.82) is 0 Å². The summed E-state index contributed by atoms with van der Waals surface area (Å²) in [6.45, 7) is 10.5. The van der Waals surface area contributed by atoms with Crippen molar-refractivity contribution in [3.8, 4) is 0 Å². The number of carbonyl (C=O) groups is 1. The second kappa shape index (κ2) is 8.82. The van der Waals surface area contributed by atoms with E-state index in [-0.39, 0.29) is 5.41 Å². The van der Waals surface area contributed by atoms with Crippen LogP contribution < -0.4 is 0 Å². The maximum absolute atomic E-state index is 12.9. The first-order valence-corrected chi connectivity index (χ1v) is 11.2. The number of hydrogen-bond donors (Lipinski definition) is 1. The number of benzene rings is 2. The fourth-order valence-electron chi connectivity index (χ4n) is 4.21. The van der Waals surface area contributed by atoms with Gasteiger partial charge in [0, 0.05) is 17.5 Å². The molecule has 1 N–H and O–H groups in total. The van der Waals surface area contributed by atoms with E-state index in [0.29, 0.717) is 6.42 Å². The van der Waals surface area contributed by atoms with Gasteiger partial charge in [-0.3, -0.25) is 4.99 Å². The third kappa shape index (κ3) is 5.15. The Labute approximate surface area is 186 Å². The molecule has 2 aromatic carbocycles. The average Bonchev–Trinajstić information content (AvgIpc) is 2.72. The Balaban J connectivity index is 2.18. The number of rotatable bonds is 6. The van der Waals surface area contributed by atoms with Gasteiger partial charge >= 0.3 is 5.97 Å². The molecular weight excluding hydrogens is 382 g/mol. The van der Waals surface area contributed by atoms with Gasteiger partial charge in [0.05, 0.1) is 5.71 Å². The SMILES string of the molecule is CC1(C)CC=C(C[C@](N=C(c2ccccc2)c2ccccc2)(C(=O)O)C(C)(C)C)CC1. The van der Waals surface area contributed by atoms with Gasteiger partial charge in [0.15, 0.2) is 5.54 Å². The van der Waals surface area contributed by atoms with Crippen LogP contribution >= 0.6 is 0 Å². The Morgan fingerprint density at radius 1 is 0.968 bits per heavy atom. The van der Waals surface area contributed by atoms with Crippen molar-refractivity contribution >= 4 is 11.7 Å². The highest BCUT2D eigenvalue weighted by atomic mass is 16.4. The van der Waals surface area contributed by atoms with Crippen LogP contribution in [0.4, 0.5) is 0 Å². The maximum Gasteiger partial charge on any atom is 0.332 e. The molecule has 0 unspecified atom stereocenters. The molecule has 0 aromatic heterocycles. The first kappa shape index (κ1) is 23.0. The van der Waals surface area contributed by atoms with Crippen molar-refractivity contribution < 1.29 is 9.90 Å². The monoisotopic (exact) mass is 417 g/mol. The normalized spacial score (nSPS) is 17.9. The van der Waals surface area contributed by atoms with E-state index in [9.17, 15) is 9.90 Å². The van der Waals surface area contributed by atoms with Crippen molar-refractivity contribution in [2.45, 2.75) is 65.8 Å². The summed E-state index contributed by atoms with van der Waals surface area (Å²) in [6, 6.07) is 19.8. The Morgan fingerprint density at radius 2 is 1.48 bits per heavy atom. The molecule has 3 heteroatoms. The first-order valence-electron chi connectivity index (χ1n) is 11.2. The fourth-order valence-corrected chi connectivity index (χ4v) is 4.21. The van der Waals surface area contributed by atoms with E-state index in [1.807, 2.05) is 81.4 Å². The molecule has 0 fully saturated rings. The van der Waals surface area contributed by atoms with E-state index in [1.165, 1.54) is 5.57 Å². The molecule has 0 heterocycles. The quantitative estimate of drug-likeness (QED) is 0.410. The summed E-state index contributed by atoms with van der Waals surface area (Å²) in [4.78, 5) is 18.1. The summed E-state index contributed by atoms with van der Waals surface area (Å²) in [5.74, 6) is -0.866. The van der Waals surface area contributed by atoms with Crippen LogP contribution in [0.5, 0.6) is 0 Å². The fraction of sp³-hybridized carbons (Fsp3) is 0.429. The third-order valence-corrected chi connectivity index (χ3v) is 6.54. The maximum atomic E-state index is 12.9. The van der Waals surface area contributed by atoms with E-state index < -0.39 is 16.9 Å². The number of nitrogens with zero attached hydrogens (tertiary/aromatic N) is 1. The van der Waals surface area contributed by atoms with E-state index in [0.717, 1.165) is 36.1 Å². The molecule has 0 spiro atoms. The number of carboxylic acid groups (broad SMARTS) is 1. The molecule has 1 atom stereocenters. The highest BCUT2D eigenvalue weighted by Crippen LogP contribution is 2.44. The molecule has 3 rings (SSSR count). The summed E-state index contributed by atoms with van der Waals surface area (Å²) >= 11 is 0. The molecule has 0 radical (unpaired) electrons. The second-order valence-electron chi connectivity index (χ2n) is 10.5. The van der Waals surface area contributed by atoms with E-state index in [4.69, 9.17) is 4.99 Å². The molecule has 1 aliphatic carbocycles. The number of allylic oxidation sites excluding steroid dienone is 1. The molecule has 0 bridgehead atoms. The smallest absolute Gasteiger partial charge is 0.332 e. The van der Waals surface area contributed by atoms with E-state index >= 15 is 0 Å². The van der Waals surface area contributed by atoms with Crippen LogP contribution in [0.25, 0.3) is 0 Å². The van der Waals surface area contributed by atoms with Gasteiger partial charge in [0.1, 0.15) is 0 Å². The summed E-state index contributed by atoms with van der Waals surface area (Å²) in [5.41, 5.74) is 2.25. The van der Waals surface area contributed by atoms with Crippen LogP contribution in [0.1, 0.15) is 71.4 Å². The minimum absolute atomic E-state index is 0.277. The first-order chi connectivity index (χ1) is 14.5. The predicted molar refractivity (Wildman–Crippen MR) is 129 cm³/mol. The molecule has 1 aliphatic rings. The number of hydrogen-bond acceptors (Lipinski definition) is 2. The number of carboxylic acids is 1. The van der Waals surface area contributed by atoms with E-state index in [1.54, 1.807) is 0 Å². The minimum Gasteiger partial charge on any atom is -0.479 e. The van der Waals surface area contributed by atoms with Crippen LogP contribution in [0.3, 0.4) is 0 Å². The largest absolute Gasteiger partial charge is 0.479 e. The van der Waals surface area contributed by atoms with Crippen molar-refractivity contribution in [3.05, 3.63) is 83.4 Å². The predicted octanol–water partition coefficient (Wildman–Crippen LogP) is 6.92. The van der Waals surface area contributed by atoms with Gasteiger partial charge in [-0.1, -0.05) is 107 Å². The second-order valence-corrected chi connectivity index (χ2v) is 10.5. The van der Waals surface area contributed by atoms with E-state index in [2.05, 4.69) is 19.9 Å². The zero-order valence-electron chi connectivity index (χ0n) is 19.5. The van der Waals surface area contributed by atoms with Gasteiger partial charge in [0.2, 0.25) is 0 Å². The Hall–Kier alpha value is -2.68. The minimum atomic E-state index is -1.26. The molecule has 3 nitrogen and oxygen atoms in total. The van der Waals surface area contributed by atoms with Gasteiger partial charge in [-0.15, -0.1) is 0 Å². The van der Waals surface area contributed by atoms with Crippen LogP contribution in [0, 0.1) is 10.8 Å². The molecule has 0 saturated carbocycles. The number of aliphatic imine (C=N–C) groups is 1. The molecule has 2 aromatic rings. The Kier molecular flexibility index (Phi) is 6.54. The standard InChI is InChI=1S/C28H35NO2/c1-26(2,3)28(25(30)31,20-21-16-18-27(4,5)19-17-21)29-24(22-12-8-6-9-13-22)23-14-10-7-11-15-23/h6-16H,17-20H2,1-5H3,(H,30,31)/t28-/m0/s1.